The zero-order valence-electron chi connectivity index (χ0n) is 16.5. The Morgan fingerprint density at radius 3 is 2.67 bits per heavy atom. The van der Waals surface area contributed by atoms with Crippen molar-refractivity contribution in [3.63, 3.8) is 0 Å². The van der Waals surface area contributed by atoms with E-state index in [0.29, 0.717) is 11.7 Å². The van der Waals surface area contributed by atoms with Gasteiger partial charge in [-0.05, 0) is 62.2 Å². The molecule has 8 heteroatoms. The van der Waals surface area contributed by atoms with Crippen LogP contribution in [0.15, 0.2) is 48.8 Å². The maximum absolute atomic E-state index is 13.2. The summed E-state index contributed by atoms with van der Waals surface area (Å²) in [6.45, 7) is 3.34. The Balaban J connectivity index is 1.60. The lowest BCUT2D eigenvalue weighted by Gasteiger charge is -2.15. The highest BCUT2D eigenvalue weighted by Gasteiger charge is 2.18. The van der Waals surface area contributed by atoms with Crippen molar-refractivity contribution in [2.75, 3.05) is 19.6 Å². The maximum Gasteiger partial charge on any atom is 0.335 e. The van der Waals surface area contributed by atoms with Gasteiger partial charge in [0.25, 0.3) is 0 Å². The van der Waals surface area contributed by atoms with Gasteiger partial charge in [0.15, 0.2) is 5.82 Å². The van der Waals surface area contributed by atoms with Crippen molar-refractivity contribution in [2.45, 2.75) is 25.9 Å². The summed E-state index contributed by atoms with van der Waals surface area (Å²) < 4.78 is 20.8. The van der Waals surface area contributed by atoms with Crippen LogP contribution >= 0.6 is 0 Å². The number of aromatic carboxylic acids is 1. The summed E-state index contributed by atoms with van der Waals surface area (Å²) in [5.74, 6) is -0.441. The molecule has 1 N–H and O–H groups in total. The largest absolute Gasteiger partial charge is 0.478 e. The Labute approximate surface area is 173 Å². The van der Waals surface area contributed by atoms with Gasteiger partial charge in [-0.2, -0.15) is 9.78 Å². The Bertz CT molecular complexity index is 1010. The molecule has 4 rings (SSSR count). The van der Waals surface area contributed by atoms with E-state index in [-0.39, 0.29) is 18.0 Å². The van der Waals surface area contributed by atoms with Crippen LogP contribution in [0.1, 0.15) is 34.3 Å². The third-order valence-corrected chi connectivity index (χ3v) is 5.19. The van der Waals surface area contributed by atoms with Crippen LogP contribution in [0.25, 0.3) is 5.82 Å². The highest BCUT2D eigenvalue weighted by atomic mass is 19.1. The SMILES string of the molecule is O=C(O)c1ccnc(-n2ncc(CCN3CCCC3)c2OCc2ccc(F)cc2)c1. The molecule has 3 heterocycles. The number of carboxylic acid groups (broad SMARTS) is 1. The lowest BCUT2D eigenvalue weighted by atomic mass is 10.2. The molecule has 0 aliphatic carbocycles. The number of rotatable bonds is 8. The van der Waals surface area contributed by atoms with E-state index in [4.69, 9.17) is 4.74 Å². The van der Waals surface area contributed by atoms with Crippen LogP contribution < -0.4 is 4.74 Å². The molecule has 0 unspecified atom stereocenters. The van der Waals surface area contributed by atoms with Gasteiger partial charge in [-0.1, -0.05) is 12.1 Å². The number of hydrogen-bond donors (Lipinski definition) is 1. The van der Waals surface area contributed by atoms with Gasteiger partial charge in [0.1, 0.15) is 12.4 Å². The van der Waals surface area contributed by atoms with E-state index in [1.165, 1.54) is 48.0 Å². The Hall–Kier alpha value is -3.26. The van der Waals surface area contributed by atoms with Crippen molar-refractivity contribution < 1.29 is 19.0 Å². The number of carboxylic acids is 1. The highest BCUT2D eigenvalue weighted by Crippen LogP contribution is 2.25. The lowest BCUT2D eigenvalue weighted by molar-refractivity contribution is 0.0696. The van der Waals surface area contributed by atoms with Crippen LogP contribution in [-0.4, -0.2) is 50.4 Å². The van der Waals surface area contributed by atoms with Gasteiger partial charge in [0, 0.05) is 18.3 Å². The van der Waals surface area contributed by atoms with Gasteiger partial charge in [0.05, 0.1) is 11.8 Å². The number of halogens is 1. The Morgan fingerprint density at radius 1 is 1.17 bits per heavy atom. The maximum atomic E-state index is 13.2. The van der Waals surface area contributed by atoms with E-state index >= 15 is 0 Å². The van der Waals surface area contributed by atoms with Crippen molar-refractivity contribution in [2.24, 2.45) is 0 Å². The van der Waals surface area contributed by atoms with Gasteiger partial charge in [-0.3, -0.25) is 0 Å². The van der Waals surface area contributed by atoms with E-state index < -0.39 is 5.97 Å². The molecule has 1 aromatic carbocycles. The molecular formula is C22H23FN4O3. The number of likely N-dealkylation sites (tertiary alicyclic amines) is 1. The van der Waals surface area contributed by atoms with E-state index in [9.17, 15) is 14.3 Å². The second-order valence-corrected chi connectivity index (χ2v) is 7.31. The molecule has 0 amide bonds. The minimum atomic E-state index is -1.03. The molecular weight excluding hydrogens is 387 g/mol. The zero-order chi connectivity index (χ0) is 20.9. The average Bonchev–Trinajstić information content (AvgIpc) is 3.41. The number of benzene rings is 1. The van der Waals surface area contributed by atoms with Gasteiger partial charge in [-0.15, -0.1) is 0 Å². The smallest absolute Gasteiger partial charge is 0.335 e. The molecule has 0 spiro atoms. The normalized spacial score (nSPS) is 14.2. The number of nitrogens with zero attached hydrogens (tertiary/aromatic N) is 4. The molecule has 2 aromatic heterocycles. The first-order valence-corrected chi connectivity index (χ1v) is 9.96. The minimum absolute atomic E-state index is 0.124. The molecule has 1 saturated heterocycles. The molecule has 30 heavy (non-hydrogen) atoms. The Morgan fingerprint density at radius 2 is 1.93 bits per heavy atom. The van der Waals surface area contributed by atoms with Crippen molar-refractivity contribution in [1.29, 1.82) is 0 Å². The summed E-state index contributed by atoms with van der Waals surface area (Å²) in [5, 5.41) is 13.7. The second kappa shape index (κ2) is 9.04. The molecule has 0 saturated carbocycles. The van der Waals surface area contributed by atoms with Gasteiger partial charge in [0.2, 0.25) is 5.88 Å². The fourth-order valence-corrected chi connectivity index (χ4v) is 3.54. The van der Waals surface area contributed by atoms with E-state index in [0.717, 1.165) is 37.2 Å². The van der Waals surface area contributed by atoms with Gasteiger partial charge < -0.3 is 14.7 Å². The summed E-state index contributed by atoms with van der Waals surface area (Å²) in [6, 6.07) is 9.02. The van der Waals surface area contributed by atoms with Crippen molar-refractivity contribution >= 4 is 5.97 Å². The number of ether oxygens (including phenoxy) is 1. The number of pyridine rings is 1. The lowest BCUT2D eigenvalue weighted by Crippen LogP contribution is -2.22. The average molecular weight is 410 g/mol. The van der Waals surface area contributed by atoms with Crippen molar-refractivity contribution in [3.8, 4) is 11.7 Å². The van der Waals surface area contributed by atoms with Crippen LogP contribution in [-0.2, 0) is 13.0 Å². The fraction of sp³-hybridized carbons (Fsp3) is 0.318. The van der Waals surface area contributed by atoms with E-state index in [1.807, 2.05) is 0 Å². The summed E-state index contributed by atoms with van der Waals surface area (Å²) in [4.78, 5) is 18.0. The molecule has 0 atom stereocenters. The predicted molar refractivity (Wildman–Crippen MR) is 108 cm³/mol. The summed E-state index contributed by atoms with van der Waals surface area (Å²) in [6.07, 6.45) is 6.38. The van der Waals surface area contributed by atoms with Crippen LogP contribution in [0.4, 0.5) is 4.39 Å². The first kappa shape index (κ1) is 20.0. The Kier molecular flexibility index (Phi) is 6.04. The third-order valence-electron chi connectivity index (χ3n) is 5.19. The summed E-state index contributed by atoms with van der Waals surface area (Å²) in [5.41, 5.74) is 1.87. The van der Waals surface area contributed by atoms with E-state index in [2.05, 4.69) is 15.0 Å². The van der Waals surface area contributed by atoms with Crippen LogP contribution in [0.5, 0.6) is 5.88 Å². The number of carbonyl (C=O) groups is 1. The van der Waals surface area contributed by atoms with Gasteiger partial charge in [-0.25, -0.2) is 14.2 Å². The third kappa shape index (κ3) is 4.65. The molecule has 3 aromatic rings. The first-order chi connectivity index (χ1) is 14.6. The molecule has 1 aliphatic rings. The molecule has 0 bridgehead atoms. The number of hydrogen-bond acceptors (Lipinski definition) is 5. The molecule has 1 fully saturated rings. The number of aromatic nitrogens is 3. The first-order valence-electron chi connectivity index (χ1n) is 9.96. The molecule has 7 nitrogen and oxygen atoms in total. The van der Waals surface area contributed by atoms with E-state index in [1.54, 1.807) is 18.3 Å². The van der Waals surface area contributed by atoms with Crippen LogP contribution in [0, 0.1) is 5.82 Å². The topological polar surface area (TPSA) is 80.5 Å². The van der Waals surface area contributed by atoms with Gasteiger partial charge >= 0.3 is 5.97 Å². The molecule has 0 radical (unpaired) electrons. The summed E-state index contributed by atoms with van der Waals surface area (Å²) in [7, 11) is 0. The van der Waals surface area contributed by atoms with Crippen molar-refractivity contribution in [3.05, 3.63) is 71.3 Å². The fourth-order valence-electron chi connectivity index (χ4n) is 3.54. The zero-order valence-corrected chi connectivity index (χ0v) is 16.5. The quantitative estimate of drug-likeness (QED) is 0.614. The summed E-state index contributed by atoms with van der Waals surface area (Å²) >= 11 is 0. The van der Waals surface area contributed by atoms with Crippen LogP contribution in [0.2, 0.25) is 0 Å². The highest BCUT2D eigenvalue weighted by molar-refractivity contribution is 5.87. The molecule has 1 aliphatic heterocycles. The van der Waals surface area contributed by atoms with Crippen molar-refractivity contribution in [1.82, 2.24) is 19.7 Å². The molecule has 156 valence electrons. The minimum Gasteiger partial charge on any atom is -0.478 e. The predicted octanol–water partition coefficient (Wildman–Crippen LogP) is 3.32. The monoisotopic (exact) mass is 410 g/mol. The standard InChI is InChI=1S/C22H23FN4O3/c23-19-5-3-16(4-6-19)15-30-21-18(8-12-26-10-1-2-11-26)14-25-27(21)20-13-17(22(28)29)7-9-24-20/h3-7,9,13-14H,1-2,8,10-12,15H2,(H,28,29). The van der Waals surface area contributed by atoms with Crippen LogP contribution in [0.3, 0.4) is 0 Å². The second-order valence-electron chi connectivity index (χ2n) is 7.31.